The van der Waals surface area contributed by atoms with E-state index in [1.165, 1.54) is 6.92 Å². The fourth-order valence-corrected chi connectivity index (χ4v) is 2.63. The normalized spacial score (nSPS) is 18.0. The van der Waals surface area contributed by atoms with Gasteiger partial charge in [0.1, 0.15) is 0 Å². The van der Waals surface area contributed by atoms with Gasteiger partial charge in [-0.05, 0) is 37.4 Å². The summed E-state index contributed by atoms with van der Waals surface area (Å²) in [6.45, 7) is 3.22. The lowest BCUT2D eigenvalue weighted by molar-refractivity contribution is -0.139. The van der Waals surface area contributed by atoms with Crippen LogP contribution in [0.25, 0.3) is 0 Å². The molecule has 2 rings (SSSR count). The molecule has 23 heavy (non-hydrogen) atoms. The van der Waals surface area contributed by atoms with E-state index >= 15 is 0 Å². The predicted octanol–water partition coefficient (Wildman–Crippen LogP) is 2.01. The molecule has 3 N–H and O–H groups in total. The van der Waals surface area contributed by atoms with E-state index in [2.05, 4.69) is 32.8 Å². The number of ether oxygens (including phenoxy) is 1. The lowest BCUT2D eigenvalue weighted by Crippen LogP contribution is -2.30. The highest BCUT2D eigenvalue weighted by Gasteiger charge is 2.25. The Morgan fingerprint density at radius 2 is 2.04 bits per heavy atom. The van der Waals surface area contributed by atoms with Crippen LogP contribution in [0.3, 0.4) is 0 Å². The molecule has 7 heteroatoms. The van der Waals surface area contributed by atoms with E-state index in [1.807, 2.05) is 18.2 Å². The molecule has 0 saturated carbocycles. The molecule has 7 nitrogen and oxygen atoms in total. The molecule has 1 aliphatic heterocycles. The highest BCUT2D eigenvalue weighted by atomic mass is 16.5. The molecular formula is C16H23N5O2. The minimum atomic E-state index is -0.403. The van der Waals surface area contributed by atoms with Crippen molar-refractivity contribution >= 4 is 11.8 Å². The van der Waals surface area contributed by atoms with E-state index in [0.29, 0.717) is 5.92 Å². The molecule has 0 amide bonds. The molecule has 1 fully saturated rings. The molecule has 1 heterocycles. The number of carbonyl (C=O) groups excluding carboxylic acids is 1. The molecule has 0 radical (unpaired) electrons. The van der Waals surface area contributed by atoms with Crippen molar-refractivity contribution in [3.63, 3.8) is 0 Å². The monoisotopic (exact) mass is 317 g/mol. The molecular weight excluding hydrogens is 294 g/mol. The number of hydrogen-bond donors (Lipinski definition) is 2. The quantitative estimate of drug-likeness (QED) is 0.217. The summed E-state index contributed by atoms with van der Waals surface area (Å²) in [5.41, 5.74) is 1.12. The van der Waals surface area contributed by atoms with Gasteiger partial charge in [0.2, 0.25) is 5.84 Å². The number of amidine groups is 1. The first-order valence-electron chi connectivity index (χ1n) is 7.77. The van der Waals surface area contributed by atoms with Gasteiger partial charge >= 0.3 is 5.97 Å². The molecule has 1 aromatic carbocycles. The van der Waals surface area contributed by atoms with Gasteiger partial charge in [-0.2, -0.15) is 10.2 Å². The first-order valence-corrected chi connectivity index (χ1v) is 7.77. The van der Waals surface area contributed by atoms with Crippen molar-refractivity contribution < 1.29 is 9.53 Å². The van der Waals surface area contributed by atoms with Crippen LogP contribution in [0.5, 0.6) is 0 Å². The van der Waals surface area contributed by atoms with Crippen LogP contribution in [-0.4, -0.2) is 31.5 Å². The SMILES string of the molecule is CC(=O)OCC(N=NC(c1ccccc1)C1CCNCC1)=NN. The molecule has 124 valence electrons. The third-order valence-corrected chi connectivity index (χ3v) is 3.82. The highest BCUT2D eigenvalue weighted by Crippen LogP contribution is 2.32. The van der Waals surface area contributed by atoms with E-state index in [4.69, 9.17) is 10.6 Å². The van der Waals surface area contributed by atoms with Crippen LogP contribution in [0.15, 0.2) is 45.7 Å². The number of esters is 1. The van der Waals surface area contributed by atoms with Crippen molar-refractivity contribution in [2.24, 2.45) is 27.1 Å². The number of nitrogens with two attached hydrogens (primary N) is 1. The summed E-state index contributed by atoms with van der Waals surface area (Å²) in [5.74, 6) is 5.51. The molecule has 1 atom stereocenters. The number of nitrogens with zero attached hydrogens (tertiary/aromatic N) is 3. The lowest BCUT2D eigenvalue weighted by Gasteiger charge is -2.27. The second-order valence-electron chi connectivity index (χ2n) is 5.48. The number of piperidine rings is 1. The minimum absolute atomic E-state index is 0.0487. The van der Waals surface area contributed by atoms with Gasteiger partial charge in [0.25, 0.3) is 0 Å². The molecule has 1 saturated heterocycles. The Kier molecular flexibility index (Phi) is 6.68. The average molecular weight is 317 g/mol. The molecule has 0 aromatic heterocycles. The van der Waals surface area contributed by atoms with E-state index in [0.717, 1.165) is 31.5 Å². The maximum Gasteiger partial charge on any atom is 0.303 e. The Balaban J connectivity index is 2.13. The summed E-state index contributed by atoms with van der Waals surface area (Å²) in [7, 11) is 0. The standard InChI is InChI=1S/C16H23N5O2/c1-12(22)23-11-15(19-17)20-21-16(13-5-3-2-4-6-13)14-7-9-18-10-8-14/h2-6,14,16,18H,7-11,17H2,1H3. The first-order chi connectivity index (χ1) is 11.2. The van der Waals surface area contributed by atoms with E-state index < -0.39 is 5.97 Å². The van der Waals surface area contributed by atoms with Gasteiger partial charge in [-0.25, -0.2) is 0 Å². The van der Waals surface area contributed by atoms with Gasteiger partial charge in [-0.1, -0.05) is 30.3 Å². The van der Waals surface area contributed by atoms with Crippen LogP contribution in [0.4, 0.5) is 0 Å². The minimum Gasteiger partial charge on any atom is -0.457 e. The summed E-state index contributed by atoms with van der Waals surface area (Å²) in [5, 5.41) is 15.5. The fraction of sp³-hybridized carbons (Fsp3) is 0.500. The van der Waals surface area contributed by atoms with Crippen molar-refractivity contribution in [1.82, 2.24) is 5.32 Å². The van der Waals surface area contributed by atoms with Gasteiger partial charge in [0.05, 0.1) is 6.04 Å². The number of nitrogens with one attached hydrogen (secondary N) is 1. The molecule has 0 bridgehead atoms. The van der Waals surface area contributed by atoms with Crippen molar-refractivity contribution in [3.8, 4) is 0 Å². The molecule has 1 unspecified atom stereocenters. The zero-order valence-electron chi connectivity index (χ0n) is 13.3. The van der Waals surface area contributed by atoms with E-state index in [1.54, 1.807) is 0 Å². The summed E-state index contributed by atoms with van der Waals surface area (Å²) < 4.78 is 4.86. The number of azo groups is 1. The Hall–Kier alpha value is -2.28. The van der Waals surface area contributed by atoms with Crippen LogP contribution < -0.4 is 11.2 Å². The highest BCUT2D eigenvalue weighted by molar-refractivity contribution is 5.85. The van der Waals surface area contributed by atoms with Gasteiger partial charge < -0.3 is 15.9 Å². The van der Waals surface area contributed by atoms with E-state index in [-0.39, 0.29) is 18.5 Å². The topological polar surface area (TPSA) is 101 Å². The third-order valence-electron chi connectivity index (χ3n) is 3.82. The summed E-state index contributed by atoms with van der Waals surface area (Å²) in [6, 6.07) is 10.0. The Labute approximate surface area is 136 Å². The average Bonchev–Trinajstić information content (AvgIpc) is 2.59. The van der Waals surface area contributed by atoms with Crippen molar-refractivity contribution in [3.05, 3.63) is 35.9 Å². The van der Waals surface area contributed by atoms with Crippen molar-refractivity contribution in [1.29, 1.82) is 0 Å². The number of benzene rings is 1. The Bertz CT molecular complexity index is 553. The molecule has 0 aliphatic carbocycles. The summed E-state index contributed by atoms with van der Waals surface area (Å²) >= 11 is 0. The van der Waals surface area contributed by atoms with Gasteiger partial charge in [0.15, 0.2) is 6.61 Å². The number of hydrazone groups is 1. The van der Waals surface area contributed by atoms with E-state index in [9.17, 15) is 4.79 Å². The maximum atomic E-state index is 10.9. The zero-order valence-corrected chi connectivity index (χ0v) is 13.3. The van der Waals surface area contributed by atoms with Crippen LogP contribution in [0.2, 0.25) is 0 Å². The van der Waals surface area contributed by atoms with Crippen LogP contribution in [0, 0.1) is 5.92 Å². The second-order valence-corrected chi connectivity index (χ2v) is 5.48. The van der Waals surface area contributed by atoms with Gasteiger partial charge in [0, 0.05) is 6.92 Å². The molecule has 0 spiro atoms. The summed E-state index contributed by atoms with van der Waals surface area (Å²) in [4.78, 5) is 10.9. The zero-order chi connectivity index (χ0) is 16.5. The van der Waals surface area contributed by atoms with Crippen LogP contribution in [0.1, 0.15) is 31.4 Å². The lowest BCUT2D eigenvalue weighted by atomic mass is 9.86. The first kappa shape index (κ1) is 17.1. The predicted molar refractivity (Wildman–Crippen MR) is 87.9 cm³/mol. The van der Waals surface area contributed by atoms with Crippen LogP contribution in [-0.2, 0) is 9.53 Å². The summed E-state index contributed by atoms with van der Waals surface area (Å²) in [6.07, 6.45) is 2.08. The molecule has 1 aromatic rings. The smallest absolute Gasteiger partial charge is 0.303 e. The molecule has 1 aliphatic rings. The number of carbonyl (C=O) groups is 1. The third kappa shape index (κ3) is 5.45. The van der Waals surface area contributed by atoms with Gasteiger partial charge in [-0.15, -0.1) is 5.11 Å². The fourth-order valence-electron chi connectivity index (χ4n) is 2.63. The van der Waals surface area contributed by atoms with Crippen molar-refractivity contribution in [2.75, 3.05) is 19.7 Å². The Morgan fingerprint density at radius 1 is 1.35 bits per heavy atom. The second kappa shape index (κ2) is 8.99. The van der Waals surface area contributed by atoms with Gasteiger partial charge in [-0.3, -0.25) is 4.79 Å². The number of hydrogen-bond acceptors (Lipinski definition) is 6. The Morgan fingerprint density at radius 3 is 2.65 bits per heavy atom. The maximum absolute atomic E-state index is 10.9. The number of rotatable bonds is 5. The van der Waals surface area contributed by atoms with Crippen LogP contribution >= 0.6 is 0 Å². The largest absolute Gasteiger partial charge is 0.457 e. The van der Waals surface area contributed by atoms with Crippen molar-refractivity contribution in [2.45, 2.75) is 25.8 Å².